The fourth-order valence-corrected chi connectivity index (χ4v) is 2.62. The SMILES string of the molecule is CC/C(=C\C(=O)OC)c1ccc(-c2cccs2)cc1. The largest absolute Gasteiger partial charge is 0.466 e. The van der Waals surface area contributed by atoms with Crippen molar-refractivity contribution in [2.45, 2.75) is 13.3 Å². The van der Waals surface area contributed by atoms with Crippen molar-refractivity contribution in [2.75, 3.05) is 7.11 Å². The molecule has 3 heteroatoms. The van der Waals surface area contributed by atoms with E-state index >= 15 is 0 Å². The van der Waals surface area contributed by atoms with Gasteiger partial charge in [-0.2, -0.15) is 0 Å². The van der Waals surface area contributed by atoms with Crippen LogP contribution >= 0.6 is 11.3 Å². The zero-order valence-electron chi connectivity index (χ0n) is 11.1. The Morgan fingerprint density at radius 2 is 2.00 bits per heavy atom. The number of benzene rings is 1. The van der Waals surface area contributed by atoms with Gasteiger partial charge in [0.05, 0.1) is 7.11 Å². The third-order valence-electron chi connectivity index (χ3n) is 2.94. The Bertz CT molecular complexity index is 565. The number of allylic oxidation sites excluding steroid dienone is 1. The molecule has 19 heavy (non-hydrogen) atoms. The molecule has 0 N–H and O–H groups in total. The van der Waals surface area contributed by atoms with Crippen molar-refractivity contribution in [3.63, 3.8) is 0 Å². The predicted molar refractivity (Wildman–Crippen MR) is 80.0 cm³/mol. The first-order valence-corrected chi connectivity index (χ1v) is 7.05. The normalized spacial score (nSPS) is 11.4. The van der Waals surface area contributed by atoms with E-state index in [9.17, 15) is 4.79 Å². The second kappa shape index (κ2) is 6.34. The summed E-state index contributed by atoms with van der Waals surface area (Å²) in [6, 6.07) is 12.4. The van der Waals surface area contributed by atoms with Crippen LogP contribution in [-0.4, -0.2) is 13.1 Å². The molecule has 0 amide bonds. The number of rotatable bonds is 4. The van der Waals surface area contributed by atoms with Crippen LogP contribution in [-0.2, 0) is 9.53 Å². The third-order valence-corrected chi connectivity index (χ3v) is 3.85. The number of carbonyl (C=O) groups is 1. The zero-order chi connectivity index (χ0) is 13.7. The zero-order valence-corrected chi connectivity index (χ0v) is 11.9. The smallest absolute Gasteiger partial charge is 0.330 e. The van der Waals surface area contributed by atoms with Gasteiger partial charge in [-0.3, -0.25) is 0 Å². The van der Waals surface area contributed by atoms with Crippen molar-refractivity contribution in [1.82, 2.24) is 0 Å². The highest BCUT2D eigenvalue weighted by Crippen LogP contribution is 2.27. The van der Waals surface area contributed by atoms with Crippen LogP contribution in [0.15, 0.2) is 47.9 Å². The summed E-state index contributed by atoms with van der Waals surface area (Å²) < 4.78 is 4.67. The molecule has 98 valence electrons. The average Bonchev–Trinajstić information content (AvgIpc) is 2.99. The molecule has 0 spiro atoms. The lowest BCUT2D eigenvalue weighted by Gasteiger charge is -2.06. The maximum atomic E-state index is 11.3. The Hall–Kier alpha value is -1.87. The quantitative estimate of drug-likeness (QED) is 0.610. The van der Waals surface area contributed by atoms with Crippen molar-refractivity contribution >= 4 is 22.9 Å². The Morgan fingerprint density at radius 1 is 1.26 bits per heavy atom. The van der Waals surface area contributed by atoms with E-state index in [1.807, 2.05) is 25.1 Å². The highest BCUT2D eigenvalue weighted by atomic mass is 32.1. The van der Waals surface area contributed by atoms with Gasteiger partial charge in [0.25, 0.3) is 0 Å². The molecular weight excluding hydrogens is 256 g/mol. The molecule has 0 fully saturated rings. The van der Waals surface area contributed by atoms with Crippen LogP contribution in [0, 0.1) is 0 Å². The second-order valence-corrected chi connectivity index (χ2v) is 5.05. The molecule has 0 aliphatic carbocycles. The Morgan fingerprint density at radius 3 is 2.53 bits per heavy atom. The highest BCUT2D eigenvalue weighted by molar-refractivity contribution is 7.13. The topological polar surface area (TPSA) is 26.3 Å². The molecule has 1 aromatic heterocycles. The standard InChI is InChI=1S/C16H16O2S/c1-3-12(11-16(17)18-2)13-6-8-14(9-7-13)15-5-4-10-19-15/h4-11H,3H2,1-2H3/b12-11+. The minimum Gasteiger partial charge on any atom is -0.466 e. The molecule has 0 unspecified atom stereocenters. The van der Waals surface area contributed by atoms with Crippen LogP contribution in [0.2, 0.25) is 0 Å². The van der Waals surface area contributed by atoms with Crippen LogP contribution in [0.1, 0.15) is 18.9 Å². The second-order valence-electron chi connectivity index (χ2n) is 4.10. The maximum Gasteiger partial charge on any atom is 0.330 e. The van der Waals surface area contributed by atoms with Crippen LogP contribution in [0.25, 0.3) is 16.0 Å². The van der Waals surface area contributed by atoms with Gasteiger partial charge in [0.1, 0.15) is 0 Å². The van der Waals surface area contributed by atoms with E-state index < -0.39 is 0 Å². The monoisotopic (exact) mass is 272 g/mol. The summed E-state index contributed by atoms with van der Waals surface area (Å²) >= 11 is 1.72. The molecule has 0 radical (unpaired) electrons. The highest BCUT2D eigenvalue weighted by Gasteiger charge is 2.04. The summed E-state index contributed by atoms with van der Waals surface area (Å²) in [6.07, 6.45) is 2.35. The Labute approximate surface area is 117 Å². The van der Waals surface area contributed by atoms with E-state index in [-0.39, 0.29) is 5.97 Å². The van der Waals surface area contributed by atoms with Crippen LogP contribution in [0.4, 0.5) is 0 Å². The van der Waals surface area contributed by atoms with Crippen molar-refractivity contribution in [1.29, 1.82) is 0 Å². The number of esters is 1. The fraction of sp³-hybridized carbons (Fsp3) is 0.188. The first-order valence-electron chi connectivity index (χ1n) is 6.17. The molecule has 1 heterocycles. The molecule has 2 nitrogen and oxygen atoms in total. The van der Waals surface area contributed by atoms with Gasteiger partial charge in [0.2, 0.25) is 0 Å². The molecule has 2 aromatic rings. The van der Waals surface area contributed by atoms with E-state index in [0.29, 0.717) is 0 Å². The summed E-state index contributed by atoms with van der Waals surface area (Å²) in [5, 5.41) is 2.07. The molecule has 0 saturated heterocycles. The maximum absolute atomic E-state index is 11.3. The molecule has 0 saturated carbocycles. The van der Waals surface area contributed by atoms with Crippen LogP contribution < -0.4 is 0 Å². The van der Waals surface area contributed by atoms with Gasteiger partial charge >= 0.3 is 5.97 Å². The number of ether oxygens (including phenoxy) is 1. The van der Waals surface area contributed by atoms with Crippen molar-refractivity contribution in [2.24, 2.45) is 0 Å². The molecule has 1 aromatic carbocycles. The number of hydrogen-bond donors (Lipinski definition) is 0. The summed E-state index contributed by atoms with van der Waals surface area (Å²) in [5.74, 6) is -0.306. The lowest BCUT2D eigenvalue weighted by atomic mass is 10.0. The summed E-state index contributed by atoms with van der Waals surface area (Å²) in [6.45, 7) is 2.03. The summed E-state index contributed by atoms with van der Waals surface area (Å²) in [5.41, 5.74) is 3.25. The summed E-state index contributed by atoms with van der Waals surface area (Å²) in [4.78, 5) is 12.6. The number of thiophene rings is 1. The van der Waals surface area contributed by atoms with Crippen LogP contribution in [0.5, 0.6) is 0 Å². The minimum atomic E-state index is -0.306. The van der Waals surface area contributed by atoms with E-state index in [1.165, 1.54) is 17.6 Å². The molecule has 0 atom stereocenters. The molecule has 0 aliphatic rings. The van der Waals surface area contributed by atoms with E-state index in [1.54, 1.807) is 17.4 Å². The molecular formula is C16H16O2S. The molecule has 0 bridgehead atoms. The predicted octanol–water partition coefficient (Wildman–Crippen LogP) is 4.38. The van der Waals surface area contributed by atoms with Gasteiger partial charge in [-0.15, -0.1) is 11.3 Å². The van der Waals surface area contributed by atoms with Crippen molar-refractivity contribution < 1.29 is 9.53 Å². The first-order chi connectivity index (χ1) is 9.24. The van der Waals surface area contributed by atoms with Gasteiger partial charge in [-0.1, -0.05) is 37.3 Å². The lowest BCUT2D eigenvalue weighted by molar-refractivity contribution is -0.134. The van der Waals surface area contributed by atoms with Gasteiger partial charge in [0.15, 0.2) is 0 Å². The van der Waals surface area contributed by atoms with Gasteiger partial charge in [-0.05, 0) is 34.6 Å². The Balaban J connectivity index is 2.26. The average molecular weight is 272 g/mol. The molecule has 0 aliphatic heterocycles. The minimum absolute atomic E-state index is 0.306. The number of methoxy groups -OCH3 is 1. The van der Waals surface area contributed by atoms with Crippen molar-refractivity contribution in [3.05, 3.63) is 53.4 Å². The van der Waals surface area contributed by atoms with E-state index in [0.717, 1.165) is 17.6 Å². The van der Waals surface area contributed by atoms with Gasteiger partial charge < -0.3 is 4.74 Å². The van der Waals surface area contributed by atoms with Crippen molar-refractivity contribution in [3.8, 4) is 10.4 Å². The fourth-order valence-electron chi connectivity index (χ4n) is 1.88. The summed E-state index contributed by atoms with van der Waals surface area (Å²) in [7, 11) is 1.39. The first kappa shape index (κ1) is 13.6. The number of carbonyl (C=O) groups excluding carboxylic acids is 1. The Kier molecular flexibility index (Phi) is 4.53. The van der Waals surface area contributed by atoms with E-state index in [4.69, 9.17) is 0 Å². The van der Waals surface area contributed by atoms with E-state index in [2.05, 4.69) is 28.3 Å². The molecule has 2 rings (SSSR count). The third kappa shape index (κ3) is 3.32. The lowest BCUT2D eigenvalue weighted by Crippen LogP contribution is -1.96. The number of hydrogen-bond acceptors (Lipinski definition) is 3. The van der Waals surface area contributed by atoms with Gasteiger partial charge in [0, 0.05) is 11.0 Å². The van der Waals surface area contributed by atoms with Crippen LogP contribution in [0.3, 0.4) is 0 Å². The van der Waals surface area contributed by atoms with Gasteiger partial charge in [-0.25, -0.2) is 4.79 Å².